The van der Waals surface area contributed by atoms with Crippen LogP contribution < -0.4 is 4.72 Å². The van der Waals surface area contributed by atoms with E-state index in [-0.39, 0.29) is 11.7 Å². The lowest BCUT2D eigenvalue weighted by Gasteiger charge is -2.34. The molecule has 0 bridgehead atoms. The van der Waals surface area contributed by atoms with Gasteiger partial charge in [-0.25, -0.2) is 18.4 Å². The molecule has 0 unspecified atom stereocenters. The molecule has 0 aliphatic carbocycles. The van der Waals surface area contributed by atoms with E-state index in [1.165, 1.54) is 6.20 Å². The zero-order valence-corrected chi connectivity index (χ0v) is 19.9. The average molecular weight is 497 g/mol. The molecule has 170 valence electrons. The number of anilines is 1. The number of nitrogens with zero attached hydrogens (tertiary/aromatic N) is 5. The van der Waals surface area contributed by atoms with Crippen molar-refractivity contribution < 1.29 is 13.2 Å². The Morgan fingerprint density at radius 2 is 1.91 bits per heavy atom. The van der Waals surface area contributed by atoms with Crippen LogP contribution in [0.2, 0.25) is 10.0 Å². The van der Waals surface area contributed by atoms with Crippen LogP contribution in [0, 0.1) is 0 Å². The van der Waals surface area contributed by atoms with Crippen molar-refractivity contribution in [1.82, 2.24) is 24.2 Å². The number of carbonyl (C=O) groups is 1. The number of carbonyl (C=O) groups excluding carboxylic acids is 1. The van der Waals surface area contributed by atoms with Crippen LogP contribution >= 0.6 is 23.2 Å². The molecular formula is C20H22Cl2N6O3S. The minimum absolute atomic E-state index is 0.0654. The van der Waals surface area contributed by atoms with Crippen molar-refractivity contribution in [2.45, 2.75) is 13.5 Å². The molecule has 9 nitrogen and oxygen atoms in total. The molecule has 0 radical (unpaired) electrons. The zero-order chi connectivity index (χ0) is 23.0. The Kier molecular flexibility index (Phi) is 6.30. The predicted octanol–water partition coefficient (Wildman–Crippen LogP) is 2.74. The van der Waals surface area contributed by atoms with Gasteiger partial charge in [0.05, 0.1) is 35.1 Å². The van der Waals surface area contributed by atoms with E-state index in [4.69, 9.17) is 28.2 Å². The summed E-state index contributed by atoms with van der Waals surface area (Å²) < 4.78 is 27.6. The van der Waals surface area contributed by atoms with Crippen LogP contribution in [0.15, 0.2) is 30.6 Å². The van der Waals surface area contributed by atoms with E-state index in [9.17, 15) is 13.2 Å². The highest BCUT2D eigenvalue weighted by Gasteiger charge is 2.23. The van der Waals surface area contributed by atoms with Crippen LogP contribution in [0.4, 0.5) is 5.82 Å². The summed E-state index contributed by atoms with van der Waals surface area (Å²) in [5, 5.41) is 0.983. The van der Waals surface area contributed by atoms with Gasteiger partial charge >= 0.3 is 0 Å². The maximum atomic E-state index is 11.7. The van der Waals surface area contributed by atoms with Gasteiger partial charge in [-0.2, -0.15) is 0 Å². The molecule has 0 saturated carbocycles. The lowest BCUT2D eigenvalue weighted by molar-refractivity contribution is -0.130. The van der Waals surface area contributed by atoms with Gasteiger partial charge in [-0.15, -0.1) is 0 Å². The number of benzene rings is 1. The summed E-state index contributed by atoms with van der Waals surface area (Å²) in [5.41, 5.74) is 2.77. The first kappa shape index (κ1) is 22.8. The van der Waals surface area contributed by atoms with Crippen molar-refractivity contribution in [1.29, 1.82) is 0 Å². The SMILES string of the molecule is CC(=O)N1CCN(Cc2c(-c3ccc(Cl)cc3Cl)nc3cnc(NS(C)(=O)=O)cn23)CC1. The minimum Gasteiger partial charge on any atom is -0.340 e. The quantitative estimate of drug-likeness (QED) is 0.582. The Labute approximate surface area is 196 Å². The number of amides is 1. The summed E-state index contributed by atoms with van der Waals surface area (Å²) in [6, 6.07) is 5.22. The topological polar surface area (TPSA) is 99.9 Å². The van der Waals surface area contributed by atoms with Crippen molar-refractivity contribution >= 4 is 50.6 Å². The van der Waals surface area contributed by atoms with E-state index < -0.39 is 10.0 Å². The monoisotopic (exact) mass is 496 g/mol. The second-order valence-electron chi connectivity index (χ2n) is 7.69. The summed E-state index contributed by atoms with van der Waals surface area (Å²) >= 11 is 12.6. The van der Waals surface area contributed by atoms with Crippen molar-refractivity contribution in [3.63, 3.8) is 0 Å². The number of halogens is 2. The molecule has 0 spiro atoms. The highest BCUT2D eigenvalue weighted by Crippen LogP contribution is 2.33. The third-order valence-corrected chi connectivity index (χ3v) is 6.40. The van der Waals surface area contributed by atoms with Gasteiger partial charge < -0.3 is 4.90 Å². The molecule has 1 aromatic carbocycles. The lowest BCUT2D eigenvalue weighted by Crippen LogP contribution is -2.47. The highest BCUT2D eigenvalue weighted by molar-refractivity contribution is 7.92. The molecule has 1 aliphatic heterocycles. The molecule has 1 aliphatic rings. The van der Waals surface area contributed by atoms with Gasteiger partial charge in [0.2, 0.25) is 15.9 Å². The normalized spacial score (nSPS) is 15.3. The number of piperazine rings is 1. The van der Waals surface area contributed by atoms with Gasteiger partial charge in [-0.05, 0) is 18.2 Å². The summed E-state index contributed by atoms with van der Waals surface area (Å²) in [6.07, 6.45) is 4.19. The Bertz CT molecular complexity index is 1290. The fourth-order valence-corrected chi connectivity index (χ4v) is 4.71. The number of hydrogen-bond donors (Lipinski definition) is 1. The predicted molar refractivity (Wildman–Crippen MR) is 124 cm³/mol. The third kappa shape index (κ3) is 4.98. The van der Waals surface area contributed by atoms with Crippen LogP contribution in [0.1, 0.15) is 12.6 Å². The number of imidazole rings is 1. The zero-order valence-electron chi connectivity index (χ0n) is 17.5. The first-order chi connectivity index (χ1) is 15.1. The van der Waals surface area contributed by atoms with Crippen LogP contribution in [-0.4, -0.2) is 70.9 Å². The summed E-state index contributed by atoms with van der Waals surface area (Å²) in [4.78, 5) is 24.6. The fourth-order valence-electron chi connectivity index (χ4n) is 3.73. The molecule has 1 amide bonds. The van der Waals surface area contributed by atoms with Crippen LogP contribution in [0.25, 0.3) is 16.9 Å². The van der Waals surface area contributed by atoms with E-state index >= 15 is 0 Å². The Hall–Kier alpha value is -2.40. The van der Waals surface area contributed by atoms with E-state index in [0.29, 0.717) is 54.1 Å². The van der Waals surface area contributed by atoms with Gasteiger partial charge in [0.15, 0.2) is 11.5 Å². The summed E-state index contributed by atoms with van der Waals surface area (Å²) in [7, 11) is -3.49. The van der Waals surface area contributed by atoms with E-state index in [1.54, 1.807) is 25.3 Å². The largest absolute Gasteiger partial charge is 0.340 e. The molecule has 12 heteroatoms. The lowest BCUT2D eigenvalue weighted by atomic mass is 10.1. The Morgan fingerprint density at radius 3 is 2.53 bits per heavy atom. The van der Waals surface area contributed by atoms with Crippen molar-refractivity contribution in [2.24, 2.45) is 0 Å². The van der Waals surface area contributed by atoms with Crippen molar-refractivity contribution in [3.05, 3.63) is 46.3 Å². The Morgan fingerprint density at radius 1 is 1.19 bits per heavy atom. The smallest absolute Gasteiger partial charge is 0.231 e. The molecule has 4 rings (SSSR count). The number of sulfonamides is 1. The van der Waals surface area contributed by atoms with Crippen LogP contribution in [0.5, 0.6) is 0 Å². The first-order valence-corrected chi connectivity index (χ1v) is 12.5. The van der Waals surface area contributed by atoms with Gasteiger partial charge in [0.1, 0.15) is 0 Å². The molecule has 1 saturated heterocycles. The molecule has 1 fully saturated rings. The summed E-state index contributed by atoms with van der Waals surface area (Å²) in [5.74, 6) is 0.254. The molecule has 1 N–H and O–H groups in total. The van der Waals surface area contributed by atoms with Crippen LogP contribution in [-0.2, 0) is 21.4 Å². The van der Waals surface area contributed by atoms with Gasteiger partial charge in [-0.1, -0.05) is 23.2 Å². The van der Waals surface area contributed by atoms with E-state index in [2.05, 4.69) is 14.6 Å². The first-order valence-electron chi connectivity index (χ1n) is 9.89. The number of nitrogens with one attached hydrogen (secondary N) is 1. The molecular weight excluding hydrogens is 475 g/mol. The number of rotatable bonds is 5. The maximum Gasteiger partial charge on any atom is 0.231 e. The number of fused-ring (bicyclic) bond motifs is 1. The van der Waals surface area contributed by atoms with Crippen molar-refractivity contribution in [3.8, 4) is 11.3 Å². The number of hydrogen-bond acceptors (Lipinski definition) is 6. The minimum atomic E-state index is -3.49. The number of aromatic nitrogens is 3. The van der Waals surface area contributed by atoms with E-state index in [0.717, 1.165) is 17.5 Å². The Balaban J connectivity index is 1.77. The maximum absolute atomic E-state index is 11.7. The summed E-state index contributed by atoms with van der Waals surface area (Å²) in [6.45, 7) is 4.81. The third-order valence-electron chi connectivity index (χ3n) is 5.28. The second-order valence-corrected chi connectivity index (χ2v) is 10.3. The molecule has 0 atom stereocenters. The standard InChI is InChI=1S/C20H22Cl2N6O3S/c1-13(29)27-7-5-26(6-8-27)11-17-20(15-4-3-14(21)9-16(15)22)24-19-10-23-18(12-28(17)19)25-32(2,30)31/h3-4,9-10,12,25H,5-8,11H2,1-2H3. The average Bonchev–Trinajstić information content (AvgIpc) is 3.05. The fraction of sp³-hybridized carbons (Fsp3) is 0.350. The van der Waals surface area contributed by atoms with Gasteiger partial charge in [0, 0.05) is 50.2 Å². The molecule has 3 heterocycles. The molecule has 2 aromatic heterocycles. The second kappa shape index (κ2) is 8.86. The van der Waals surface area contributed by atoms with Gasteiger partial charge in [-0.3, -0.25) is 18.8 Å². The molecule has 3 aromatic rings. The van der Waals surface area contributed by atoms with Gasteiger partial charge in [0.25, 0.3) is 0 Å². The van der Waals surface area contributed by atoms with Crippen molar-refractivity contribution in [2.75, 3.05) is 37.2 Å². The van der Waals surface area contributed by atoms with E-state index in [1.807, 2.05) is 15.4 Å². The van der Waals surface area contributed by atoms with Crippen LogP contribution in [0.3, 0.4) is 0 Å². The molecule has 32 heavy (non-hydrogen) atoms. The highest BCUT2D eigenvalue weighted by atomic mass is 35.5.